The van der Waals surface area contributed by atoms with E-state index < -0.39 is 41.5 Å². The SMILES string of the molecule is CNC(=O)[C@@H]1[C@H]2C(=O)N([C@@H](CO)CC(C)C)C(C(=O)Nc3c(C)cccc3Cl)C23CC[C@H]1O3. The van der Waals surface area contributed by atoms with Gasteiger partial charge in [-0.15, -0.1) is 0 Å². The van der Waals surface area contributed by atoms with Crippen LogP contribution in [0.2, 0.25) is 5.02 Å². The number of nitrogens with one attached hydrogen (secondary N) is 2. The van der Waals surface area contributed by atoms with Crippen LogP contribution in [0, 0.1) is 24.7 Å². The minimum absolute atomic E-state index is 0.189. The Labute approximate surface area is 199 Å². The molecule has 3 saturated heterocycles. The van der Waals surface area contributed by atoms with Crippen LogP contribution in [-0.2, 0) is 19.1 Å². The summed E-state index contributed by atoms with van der Waals surface area (Å²) in [5.41, 5.74) is 0.167. The average molecular weight is 478 g/mol. The number of para-hydroxylation sites is 1. The highest BCUT2D eigenvalue weighted by Crippen LogP contribution is 2.59. The lowest BCUT2D eigenvalue weighted by atomic mass is 9.70. The van der Waals surface area contributed by atoms with Crippen molar-refractivity contribution in [3.63, 3.8) is 0 Å². The molecule has 1 aromatic rings. The number of benzene rings is 1. The normalized spacial score (nSPS) is 31.1. The first-order valence-corrected chi connectivity index (χ1v) is 11.9. The second-order valence-electron chi connectivity index (χ2n) is 9.80. The zero-order chi connectivity index (χ0) is 24.1. The van der Waals surface area contributed by atoms with Crippen LogP contribution in [0.4, 0.5) is 5.69 Å². The predicted octanol–water partition coefficient (Wildman–Crippen LogP) is 2.11. The monoisotopic (exact) mass is 477 g/mol. The van der Waals surface area contributed by atoms with E-state index in [-0.39, 0.29) is 24.3 Å². The lowest BCUT2D eigenvalue weighted by Crippen LogP contribution is -2.56. The summed E-state index contributed by atoms with van der Waals surface area (Å²) >= 11 is 6.36. The Kier molecular flexibility index (Phi) is 6.46. The fourth-order valence-corrected chi connectivity index (χ4v) is 6.32. The Morgan fingerprint density at radius 2 is 2.06 bits per heavy atom. The first-order valence-electron chi connectivity index (χ1n) is 11.5. The quantitative estimate of drug-likeness (QED) is 0.557. The third-order valence-corrected chi connectivity index (χ3v) is 7.67. The average Bonchev–Trinajstić information content (AvgIpc) is 3.41. The van der Waals surface area contributed by atoms with Gasteiger partial charge in [-0.25, -0.2) is 0 Å². The number of halogens is 1. The number of aryl methyl sites for hydroxylation is 1. The molecule has 1 spiro atoms. The van der Waals surface area contributed by atoms with E-state index in [9.17, 15) is 19.5 Å². The molecule has 9 heteroatoms. The van der Waals surface area contributed by atoms with Crippen LogP contribution >= 0.6 is 11.6 Å². The lowest BCUT2D eigenvalue weighted by molar-refractivity contribution is -0.144. The second kappa shape index (κ2) is 8.89. The third-order valence-electron chi connectivity index (χ3n) is 7.35. The first-order chi connectivity index (χ1) is 15.7. The number of carbonyl (C=O) groups is 3. The Balaban J connectivity index is 1.78. The van der Waals surface area contributed by atoms with Gasteiger partial charge in [0, 0.05) is 7.05 Å². The molecule has 8 nitrogen and oxygen atoms in total. The standard InChI is InChI=1S/C24H32ClN3O5/c1-12(2)10-14(11-29)28-20(22(31)27-19-13(3)6-5-7-15(19)25)24-9-8-16(33-24)17(21(30)26-4)18(24)23(28)32/h5-7,12,14,16-18,20,29H,8-11H2,1-4H3,(H,26,30)(H,27,31)/t14-,16-,17+,18+,20?,24?/m1/s1. The Morgan fingerprint density at radius 3 is 2.67 bits per heavy atom. The van der Waals surface area contributed by atoms with Gasteiger partial charge in [-0.05, 0) is 43.7 Å². The van der Waals surface area contributed by atoms with E-state index in [4.69, 9.17) is 16.3 Å². The summed E-state index contributed by atoms with van der Waals surface area (Å²) in [5.74, 6) is -2.21. The van der Waals surface area contributed by atoms with Gasteiger partial charge in [0.25, 0.3) is 0 Å². The minimum Gasteiger partial charge on any atom is -0.394 e. The number of ether oxygens (including phenoxy) is 1. The fraction of sp³-hybridized carbons (Fsp3) is 0.625. The number of anilines is 1. The minimum atomic E-state index is -1.11. The van der Waals surface area contributed by atoms with Gasteiger partial charge in [0.1, 0.15) is 11.6 Å². The molecule has 3 aliphatic rings. The molecule has 0 aromatic heterocycles. The van der Waals surface area contributed by atoms with E-state index in [1.165, 1.54) is 11.9 Å². The molecule has 6 atom stereocenters. The summed E-state index contributed by atoms with van der Waals surface area (Å²) in [7, 11) is 1.54. The van der Waals surface area contributed by atoms with E-state index in [2.05, 4.69) is 10.6 Å². The van der Waals surface area contributed by atoms with Crippen molar-refractivity contribution < 1.29 is 24.2 Å². The van der Waals surface area contributed by atoms with Gasteiger partial charge in [-0.2, -0.15) is 0 Å². The van der Waals surface area contributed by atoms with Crippen LogP contribution in [0.25, 0.3) is 0 Å². The zero-order valence-electron chi connectivity index (χ0n) is 19.4. The van der Waals surface area contributed by atoms with E-state index >= 15 is 0 Å². The number of hydrogen-bond acceptors (Lipinski definition) is 5. The maximum Gasteiger partial charge on any atom is 0.250 e. The topological polar surface area (TPSA) is 108 Å². The van der Waals surface area contributed by atoms with Crippen molar-refractivity contribution in [3.8, 4) is 0 Å². The van der Waals surface area contributed by atoms with Crippen molar-refractivity contribution in [1.29, 1.82) is 0 Å². The number of rotatable bonds is 7. The number of likely N-dealkylation sites (tertiary alicyclic amines) is 1. The molecule has 2 bridgehead atoms. The molecule has 3 amide bonds. The third kappa shape index (κ3) is 3.72. The zero-order valence-corrected chi connectivity index (χ0v) is 20.2. The highest BCUT2D eigenvalue weighted by atomic mass is 35.5. The van der Waals surface area contributed by atoms with Crippen molar-refractivity contribution >= 4 is 35.0 Å². The van der Waals surface area contributed by atoms with Gasteiger partial charge in [0.15, 0.2) is 0 Å². The largest absolute Gasteiger partial charge is 0.394 e. The molecule has 3 aliphatic heterocycles. The van der Waals surface area contributed by atoms with E-state index in [1.54, 1.807) is 12.1 Å². The van der Waals surface area contributed by atoms with Gasteiger partial charge in [0.2, 0.25) is 17.7 Å². The molecular weight excluding hydrogens is 446 g/mol. The Bertz CT molecular complexity index is 949. The number of fused-ring (bicyclic) bond motifs is 1. The van der Waals surface area contributed by atoms with Crippen LogP contribution in [0.5, 0.6) is 0 Å². The number of nitrogens with zero attached hydrogens (tertiary/aromatic N) is 1. The van der Waals surface area contributed by atoms with Gasteiger partial charge in [0.05, 0.1) is 41.3 Å². The highest BCUT2D eigenvalue weighted by Gasteiger charge is 2.75. The molecule has 0 saturated carbocycles. The van der Waals surface area contributed by atoms with Gasteiger partial charge >= 0.3 is 0 Å². The maximum absolute atomic E-state index is 13.8. The molecule has 3 fully saturated rings. The lowest BCUT2D eigenvalue weighted by Gasteiger charge is -2.37. The smallest absolute Gasteiger partial charge is 0.250 e. The van der Waals surface area contributed by atoms with E-state index in [0.29, 0.717) is 30.0 Å². The molecule has 4 rings (SSSR count). The molecule has 0 aliphatic carbocycles. The molecule has 0 radical (unpaired) electrons. The van der Waals surface area contributed by atoms with Crippen molar-refractivity contribution in [2.45, 2.75) is 63.8 Å². The second-order valence-corrected chi connectivity index (χ2v) is 10.2. The van der Waals surface area contributed by atoms with Crippen molar-refractivity contribution in [3.05, 3.63) is 28.8 Å². The number of hydrogen-bond donors (Lipinski definition) is 3. The number of carbonyl (C=O) groups excluding carboxylic acids is 3. The highest BCUT2D eigenvalue weighted by molar-refractivity contribution is 6.34. The first kappa shape index (κ1) is 24.0. The number of amides is 3. The van der Waals surface area contributed by atoms with Crippen LogP contribution in [-0.4, -0.2) is 65.2 Å². The van der Waals surface area contributed by atoms with Crippen molar-refractivity contribution in [2.24, 2.45) is 17.8 Å². The number of aliphatic hydroxyl groups is 1. The summed E-state index contributed by atoms with van der Waals surface area (Å²) in [6.07, 6.45) is 1.21. The summed E-state index contributed by atoms with van der Waals surface area (Å²) in [4.78, 5) is 41.9. The molecule has 3 N–H and O–H groups in total. The van der Waals surface area contributed by atoms with Crippen molar-refractivity contribution in [1.82, 2.24) is 10.2 Å². The van der Waals surface area contributed by atoms with Crippen LogP contribution in [0.15, 0.2) is 18.2 Å². The van der Waals surface area contributed by atoms with Crippen LogP contribution in [0.3, 0.4) is 0 Å². The molecule has 1 aromatic carbocycles. The predicted molar refractivity (Wildman–Crippen MR) is 124 cm³/mol. The van der Waals surface area contributed by atoms with E-state index in [1.807, 2.05) is 26.8 Å². The van der Waals surface area contributed by atoms with E-state index in [0.717, 1.165) is 5.56 Å². The molecular formula is C24H32ClN3O5. The maximum atomic E-state index is 13.8. The van der Waals surface area contributed by atoms with Gasteiger partial charge < -0.3 is 25.4 Å². The Hall–Kier alpha value is -2.16. The summed E-state index contributed by atoms with van der Waals surface area (Å²) in [5, 5.41) is 16.2. The van der Waals surface area contributed by atoms with Crippen LogP contribution in [0.1, 0.15) is 38.7 Å². The van der Waals surface area contributed by atoms with Crippen LogP contribution < -0.4 is 10.6 Å². The molecule has 2 unspecified atom stereocenters. The fourth-order valence-electron chi connectivity index (χ4n) is 6.05. The Morgan fingerprint density at radius 1 is 1.33 bits per heavy atom. The number of aliphatic hydroxyl groups excluding tert-OH is 1. The van der Waals surface area contributed by atoms with Gasteiger partial charge in [-0.3, -0.25) is 14.4 Å². The van der Waals surface area contributed by atoms with Crippen molar-refractivity contribution in [2.75, 3.05) is 19.0 Å². The molecule has 180 valence electrons. The summed E-state index contributed by atoms with van der Waals surface area (Å²) < 4.78 is 6.35. The van der Waals surface area contributed by atoms with Gasteiger partial charge in [-0.1, -0.05) is 37.6 Å². The molecule has 33 heavy (non-hydrogen) atoms. The summed E-state index contributed by atoms with van der Waals surface area (Å²) in [6.45, 7) is 5.56. The summed E-state index contributed by atoms with van der Waals surface area (Å²) in [6, 6.07) is 3.80. The molecule has 3 heterocycles.